The summed E-state index contributed by atoms with van der Waals surface area (Å²) in [6.45, 7) is 6.35. The van der Waals surface area contributed by atoms with Gasteiger partial charge in [0.2, 0.25) is 10.0 Å². The first-order valence-electron chi connectivity index (χ1n) is 13.4. The predicted molar refractivity (Wildman–Crippen MR) is 153 cm³/mol. The second-order valence-corrected chi connectivity index (χ2v) is 12.7. The zero-order valence-electron chi connectivity index (χ0n) is 23.6. The number of para-hydroxylation sites is 1. The minimum Gasteiger partial charge on any atom is -0.488 e. The van der Waals surface area contributed by atoms with Crippen molar-refractivity contribution in [1.82, 2.24) is 9.21 Å². The van der Waals surface area contributed by atoms with E-state index in [0.717, 1.165) is 22.3 Å². The number of aliphatic carboxylic acids is 1. The third-order valence-electron chi connectivity index (χ3n) is 7.42. The van der Waals surface area contributed by atoms with Crippen LogP contribution in [0.2, 0.25) is 0 Å². The quantitative estimate of drug-likeness (QED) is 0.368. The lowest BCUT2D eigenvalue weighted by Gasteiger charge is -2.25. The van der Waals surface area contributed by atoms with Gasteiger partial charge in [0.25, 0.3) is 0 Å². The maximum atomic E-state index is 14.8. The zero-order valence-corrected chi connectivity index (χ0v) is 24.5. The average Bonchev–Trinajstić information content (AvgIpc) is 2.99. The van der Waals surface area contributed by atoms with E-state index in [1.54, 1.807) is 37.3 Å². The first kappa shape index (κ1) is 29.7. The molecule has 3 aromatic rings. The fourth-order valence-corrected chi connectivity index (χ4v) is 6.80. The third-order valence-corrected chi connectivity index (χ3v) is 9.27. The number of ether oxygens (including phenoxy) is 1. The largest absolute Gasteiger partial charge is 0.488 e. The smallest absolute Gasteiger partial charge is 0.304 e. The van der Waals surface area contributed by atoms with Crippen LogP contribution in [-0.2, 0) is 27.9 Å². The van der Waals surface area contributed by atoms with Crippen LogP contribution in [0.1, 0.15) is 59.1 Å². The number of halogens is 1. The minimum absolute atomic E-state index is 0.115. The Morgan fingerprint density at radius 2 is 1.82 bits per heavy atom. The first-order chi connectivity index (χ1) is 18.9. The maximum absolute atomic E-state index is 14.8. The number of carboxylic acid groups (broad SMARTS) is 1. The lowest BCUT2D eigenvalue weighted by Crippen LogP contribution is -2.36. The van der Waals surface area contributed by atoms with Crippen LogP contribution in [0.5, 0.6) is 5.75 Å². The Hall–Kier alpha value is -3.27. The molecule has 0 radical (unpaired) electrons. The molecule has 1 aliphatic heterocycles. The molecule has 1 N–H and O–H groups in total. The molecule has 7 nitrogen and oxygen atoms in total. The molecule has 214 valence electrons. The molecule has 0 saturated carbocycles. The Morgan fingerprint density at radius 3 is 2.50 bits per heavy atom. The van der Waals surface area contributed by atoms with E-state index in [0.29, 0.717) is 29.8 Å². The molecule has 0 aliphatic carbocycles. The molecule has 1 aliphatic rings. The fraction of sp³-hybridized carbons (Fsp3) is 0.387. The first-order valence-corrected chi connectivity index (χ1v) is 14.8. The van der Waals surface area contributed by atoms with Crippen molar-refractivity contribution in [3.05, 3.63) is 93.8 Å². The summed E-state index contributed by atoms with van der Waals surface area (Å²) in [6.07, 6.45) is 0.148. The monoisotopic (exact) mass is 568 g/mol. The third kappa shape index (κ3) is 6.37. The minimum atomic E-state index is -3.84. The molecule has 0 amide bonds. The molecule has 2 unspecified atom stereocenters. The summed E-state index contributed by atoms with van der Waals surface area (Å²) in [4.78, 5) is 14.0. The lowest BCUT2D eigenvalue weighted by atomic mass is 9.84. The molecule has 0 aromatic heterocycles. The molecule has 9 heteroatoms. The molecule has 0 fully saturated rings. The summed E-state index contributed by atoms with van der Waals surface area (Å²) in [7, 11) is -0.141. The van der Waals surface area contributed by atoms with Crippen molar-refractivity contribution in [1.29, 1.82) is 0 Å². The normalized spacial score (nSPS) is 17.6. The molecule has 0 bridgehead atoms. The molecule has 3 aromatic carbocycles. The van der Waals surface area contributed by atoms with E-state index < -0.39 is 21.9 Å². The van der Waals surface area contributed by atoms with Crippen molar-refractivity contribution < 1.29 is 27.4 Å². The number of hydrogen-bond donors (Lipinski definition) is 1. The average molecular weight is 569 g/mol. The second-order valence-electron chi connectivity index (χ2n) is 10.8. The molecule has 2 atom stereocenters. The Kier molecular flexibility index (Phi) is 8.97. The van der Waals surface area contributed by atoms with Crippen LogP contribution < -0.4 is 4.74 Å². The van der Waals surface area contributed by atoms with Gasteiger partial charge in [-0.2, -0.15) is 4.31 Å². The van der Waals surface area contributed by atoms with Gasteiger partial charge in [-0.05, 0) is 80.4 Å². The van der Waals surface area contributed by atoms with Crippen LogP contribution in [0.4, 0.5) is 4.39 Å². The molecule has 4 rings (SSSR count). The van der Waals surface area contributed by atoms with Gasteiger partial charge in [-0.15, -0.1) is 0 Å². The second kappa shape index (κ2) is 12.1. The predicted octanol–water partition coefficient (Wildman–Crippen LogP) is 5.47. The number of fused-ring (bicyclic) bond motifs is 1. The maximum Gasteiger partial charge on any atom is 0.304 e. The number of carboxylic acids is 1. The van der Waals surface area contributed by atoms with E-state index in [2.05, 4.69) is 0 Å². The van der Waals surface area contributed by atoms with Gasteiger partial charge >= 0.3 is 5.97 Å². The lowest BCUT2D eigenvalue weighted by molar-refractivity contribution is -0.137. The van der Waals surface area contributed by atoms with Crippen molar-refractivity contribution in [2.45, 2.75) is 63.6 Å². The molecule has 0 spiro atoms. The van der Waals surface area contributed by atoms with Crippen LogP contribution >= 0.6 is 0 Å². The molecular weight excluding hydrogens is 531 g/mol. The van der Waals surface area contributed by atoms with Crippen molar-refractivity contribution in [3.63, 3.8) is 0 Å². The van der Waals surface area contributed by atoms with E-state index in [1.807, 2.05) is 51.0 Å². The summed E-state index contributed by atoms with van der Waals surface area (Å²) in [6, 6.07) is 15.6. The van der Waals surface area contributed by atoms with Gasteiger partial charge in [-0.25, -0.2) is 12.8 Å². The van der Waals surface area contributed by atoms with E-state index in [9.17, 15) is 22.7 Å². The zero-order chi connectivity index (χ0) is 29.2. The van der Waals surface area contributed by atoms with Crippen molar-refractivity contribution >= 4 is 16.0 Å². The van der Waals surface area contributed by atoms with Crippen LogP contribution in [0.15, 0.2) is 59.5 Å². The number of sulfonamides is 1. The van der Waals surface area contributed by atoms with Crippen LogP contribution in [0.3, 0.4) is 0 Å². The summed E-state index contributed by atoms with van der Waals surface area (Å²) in [5.41, 5.74) is 4.31. The fourth-order valence-electron chi connectivity index (χ4n) is 5.23. The van der Waals surface area contributed by atoms with Gasteiger partial charge in [0.15, 0.2) is 0 Å². The van der Waals surface area contributed by atoms with Crippen LogP contribution in [-0.4, -0.2) is 55.4 Å². The van der Waals surface area contributed by atoms with E-state index in [-0.39, 0.29) is 36.3 Å². The van der Waals surface area contributed by atoms with E-state index in [4.69, 9.17) is 4.74 Å². The highest BCUT2D eigenvalue weighted by atomic mass is 32.2. The van der Waals surface area contributed by atoms with Crippen molar-refractivity contribution in [3.8, 4) is 5.75 Å². The summed E-state index contributed by atoms with van der Waals surface area (Å²) < 4.78 is 49.7. The highest BCUT2D eigenvalue weighted by Crippen LogP contribution is 2.36. The van der Waals surface area contributed by atoms with Gasteiger partial charge in [0.05, 0.1) is 13.0 Å². The topological polar surface area (TPSA) is 87.2 Å². The number of carbonyl (C=O) groups is 1. The Balaban J connectivity index is 1.77. The summed E-state index contributed by atoms with van der Waals surface area (Å²) >= 11 is 0. The molecule has 0 saturated heterocycles. The molecular formula is C31H37FN2O5S. The van der Waals surface area contributed by atoms with Gasteiger partial charge in [-0.3, -0.25) is 4.79 Å². The van der Waals surface area contributed by atoms with Crippen molar-refractivity contribution in [2.75, 3.05) is 20.6 Å². The number of benzene rings is 3. The SMILES string of the molecule is CCC1CN(Cc2cc(C(CC(=O)O)c3cc(CN(C)C)c(F)cc3C)ccc2C)S(=O)(=O)c2ccccc2O1. The summed E-state index contributed by atoms with van der Waals surface area (Å²) in [5.74, 6) is -1.48. The summed E-state index contributed by atoms with van der Waals surface area (Å²) in [5, 5.41) is 9.82. The van der Waals surface area contributed by atoms with Crippen LogP contribution in [0, 0.1) is 19.7 Å². The van der Waals surface area contributed by atoms with E-state index in [1.165, 1.54) is 10.4 Å². The van der Waals surface area contributed by atoms with Crippen LogP contribution in [0.25, 0.3) is 0 Å². The number of aryl methyl sites for hydroxylation is 2. The van der Waals surface area contributed by atoms with Gasteiger partial charge in [0.1, 0.15) is 22.6 Å². The Morgan fingerprint density at radius 1 is 1.10 bits per heavy atom. The Bertz CT molecular complexity index is 1510. The standard InChI is InChI=1S/C31H37FN2O5S/c1-6-25-19-34(40(37,38)30-10-8-7-9-29(30)39-25)18-23-14-22(12-11-20(23)2)27(16-31(35)36)26-15-24(17-33(4)5)28(32)13-21(26)3/h7-15,25,27H,6,16-19H2,1-5H3,(H,35,36). The van der Waals surface area contributed by atoms with Gasteiger partial charge < -0.3 is 14.7 Å². The van der Waals surface area contributed by atoms with E-state index >= 15 is 0 Å². The molecule has 40 heavy (non-hydrogen) atoms. The highest BCUT2D eigenvalue weighted by molar-refractivity contribution is 7.89. The number of rotatable bonds is 9. The number of nitrogens with zero attached hydrogens (tertiary/aromatic N) is 2. The van der Waals surface area contributed by atoms with Crippen molar-refractivity contribution in [2.24, 2.45) is 0 Å². The number of hydrogen-bond acceptors (Lipinski definition) is 5. The van der Waals surface area contributed by atoms with Gasteiger partial charge in [0, 0.05) is 24.6 Å². The highest BCUT2D eigenvalue weighted by Gasteiger charge is 2.34. The van der Waals surface area contributed by atoms with Gasteiger partial charge in [-0.1, -0.05) is 43.3 Å². The molecule has 1 heterocycles. The Labute approximate surface area is 236 Å².